The highest BCUT2D eigenvalue weighted by molar-refractivity contribution is 5.95. The van der Waals surface area contributed by atoms with Crippen LogP contribution < -0.4 is 15.4 Å². The van der Waals surface area contributed by atoms with Crippen LogP contribution in [0.2, 0.25) is 0 Å². The Morgan fingerprint density at radius 2 is 2.00 bits per heavy atom. The number of halogens is 1. The van der Waals surface area contributed by atoms with E-state index in [-0.39, 0.29) is 30.8 Å². The number of amides is 1. The molecular weight excluding hydrogens is 312 g/mol. The summed E-state index contributed by atoms with van der Waals surface area (Å²) < 4.78 is 5.65. The summed E-state index contributed by atoms with van der Waals surface area (Å²) in [6, 6.07) is 15.3. The second-order valence-corrected chi connectivity index (χ2v) is 5.59. The fourth-order valence-corrected chi connectivity index (χ4v) is 2.70. The average molecular weight is 333 g/mol. The number of aryl methyl sites for hydroxylation is 1. The van der Waals surface area contributed by atoms with Crippen LogP contribution in [0.5, 0.6) is 5.75 Å². The van der Waals surface area contributed by atoms with Gasteiger partial charge < -0.3 is 15.4 Å². The smallest absolute Gasteiger partial charge is 0.229 e. The van der Waals surface area contributed by atoms with Crippen LogP contribution in [-0.4, -0.2) is 19.1 Å². The first-order valence-corrected chi connectivity index (χ1v) is 7.49. The molecule has 0 saturated carbocycles. The van der Waals surface area contributed by atoms with E-state index in [0.29, 0.717) is 13.2 Å². The molecule has 0 spiro atoms. The van der Waals surface area contributed by atoms with Crippen molar-refractivity contribution in [2.45, 2.75) is 19.4 Å². The van der Waals surface area contributed by atoms with Gasteiger partial charge in [0.15, 0.2) is 0 Å². The largest absolute Gasteiger partial charge is 0.490 e. The lowest BCUT2D eigenvalue weighted by Crippen LogP contribution is -2.39. The first kappa shape index (κ1) is 17.3. The molecule has 1 aliphatic rings. The van der Waals surface area contributed by atoms with E-state index in [0.717, 1.165) is 22.6 Å². The van der Waals surface area contributed by atoms with E-state index in [1.54, 1.807) is 4.90 Å². The van der Waals surface area contributed by atoms with Gasteiger partial charge in [-0.25, -0.2) is 0 Å². The molecular formula is C18H21ClN2O2. The van der Waals surface area contributed by atoms with Gasteiger partial charge >= 0.3 is 0 Å². The van der Waals surface area contributed by atoms with Gasteiger partial charge in [-0.05, 0) is 30.2 Å². The lowest BCUT2D eigenvalue weighted by Gasteiger charge is -2.30. The van der Waals surface area contributed by atoms with Crippen molar-refractivity contribution in [2.24, 2.45) is 5.73 Å². The third kappa shape index (κ3) is 3.84. The third-order valence-electron chi connectivity index (χ3n) is 3.90. The Morgan fingerprint density at radius 1 is 1.26 bits per heavy atom. The zero-order valence-corrected chi connectivity index (χ0v) is 13.9. The van der Waals surface area contributed by atoms with Gasteiger partial charge in [-0.15, -0.1) is 12.4 Å². The first-order valence-electron chi connectivity index (χ1n) is 7.49. The van der Waals surface area contributed by atoms with E-state index < -0.39 is 0 Å². The zero-order chi connectivity index (χ0) is 15.5. The number of carbonyl (C=O) groups excluding carboxylic acids is 1. The predicted octanol–water partition coefficient (Wildman–Crippen LogP) is 3.23. The van der Waals surface area contributed by atoms with Crippen LogP contribution in [-0.2, 0) is 4.79 Å². The standard InChI is InChI=1S/C18H20N2O2.ClH/c1-13-7-8-16-17(11-13)22-10-9-20(16)18(21)12-15(19)14-5-3-2-4-6-14;/h2-8,11,15H,9-10,12,19H2,1H3;1H. The van der Waals surface area contributed by atoms with E-state index >= 15 is 0 Å². The molecule has 1 aliphatic heterocycles. The van der Waals surface area contributed by atoms with Crippen molar-refractivity contribution < 1.29 is 9.53 Å². The van der Waals surface area contributed by atoms with Crippen LogP contribution in [0, 0.1) is 6.92 Å². The zero-order valence-electron chi connectivity index (χ0n) is 13.1. The van der Waals surface area contributed by atoms with Crippen LogP contribution in [0.25, 0.3) is 0 Å². The lowest BCUT2D eigenvalue weighted by molar-refractivity contribution is -0.119. The van der Waals surface area contributed by atoms with Crippen molar-refractivity contribution in [3.63, 3.8) is 0 Å². The Labute approximate surface area is 142 Å². The number of carbonyl (C=O) groups is 1. The highest BCUT2D eigenvalue weighted by atomic mass is 35.5. The fourth-order valence-electron chi connectivity index (χ4n) is 2.70. The Kier molecular flexibility index (Phi) is 5.64. The number of anilines is 1. The summed E-state index contributed by atoms with van der Waals surface area (Å²) in [5.41, 5.74) is 9.10. The minimum Gasteiger partial charge on any atom is -0.490 e. The van der Waals surface area contributed by atoms with Crippen LogP contribution in [0.3, 0.4) is 0 Å². The molecule has 2 aromatic carbocycles. The van der Waals surface area contributed by atoms with E-state index in [1.807, 2.05) is 55.5 Å². The molecule has 4 nitrogen and oxygen atoms in total. The first-order chi connectivity index (χ1) is 10.6. The minimum atomic E-state index is -0.287. The lowest BCUT2D eigenvalue weighted by atomic mass is 10.0. The van der Waals surface area contributed by atoms with Crippen LogP contribution in [0.4, 0.5) is 5.69 Å². The maximum absolute atomic E-state index is 12.6. The molecule has 1 atom stereocenters. The molecule has 0 fully saturated rings. The van der Waals surface area contributed by atoms with Gasteiger partial charge in [-0.3, -0.25) is 4.79 Å². The van der Waals surface area contributed by atoms with E-state index in [2.05, 4.69) is 0 Å². The Morgan fingerprint density at radius 3 is 2.74 bits per heavy atom. The quantitative estimate of drug-likeness (QED) is 0.938. The highest BCUT2D eigenvalue weighted by Gasteiger charge is 2.25. The molecule has 23 heavy (non-hydrogen) atoms. The summed E-state index contributed by atoms with van der Waals surface area (Å²) >= 11 is 0. The summed E-state index contributed by atoms with van der Waals surface area (Å²) in [5, 5.41) is 0. The molecule has 2 N–H and O–H groups in total. The second kappa shape index (κ2) is 7.49. The van der Waals surface area contributed by atoms with Crippen LogP contribution in [0.1, 0.15) is 23.6 Å². The molecule has 0 saturated heterocycles. The molecule has 0 aliphatic carbocycles. The maximum Gasteiger partial charge on any atom is 0.229 e. The topological polar surface area (TPSA) is 55.6 Å². The van der Waals surface area contributed by atoms with Crippen LogP contribution in [0.15, 0.2) is 48.5 Å². The highest BCUT2D eigenvalue weighted by Crippen LogP contribution is 2.33. The van der Waals surface area contributed by atoms with E-state index in [9.17, 15) is 4.79 Å². The normalized spacial score (nSPS) is 14.3. The Hall–Kier alpha value is -2.04. The number of fused-ring (bicyclic) bond motifs is 1. The van der Waals surface area contributed by atoms with Crippen molar-refractivity contribution >= 4 is 24.0 Å². The van der Waals surface area contributed by atoms with Crippen molar-refractivity contribution in [1.29, 1.82) is 0 Å². The predicted molar refractivity (Wildman–Crippen MR) is 94.3 cm³/mol. The van der Waals surface area contributed by atoms with Gasteiger partial charge in [0.25, 0.3) is 0 Å². The van der Waals surface area contributed by atoms with E-state index in [1.165, 1.54) is 0 Å². The molecule has 1 amide bonds. The van der Waals surface area contributed by atoms with Crippen molar-refractivity contribution in [3.8, 4) is 5.75 Å². The van der Waals surface area contributed by atoms with Crippen molar-refractivity contribution in [2.75, 3.05) is 18.1 Å². The van der Waals surface area contributed by atoms with E-state index in [4.69, 9.17) is 10.5 Å². The molecule has 1 unspecified atom stereocenters. The fraction of sp³-hybridized carbons (Fsp3) is 0.278. The molecule has 0 aromatic heterocycles. The number of nitrogens with zero attached hydrogens (tertiary/aromatic N) is 1. The monoisotopic (exact) mass is 332 g/mol. The van der Waals surface area contributed by atoms with Crippen LogP contribution >= 0.6 is 12.4 Å². The molecule has 122 valence electrons. The van der Waals surface area contributed by atoms with Crippen molar-refractivity contribution in [3.05, 3.63) is 59.7 Å². The number of benzene rings is 2. The van der Waals surface area contributed by atoms with Gasteiger partial charge in [-0.2, -0.15) is 0 Å². The summed E-state index contributed by atoms with van der Waals surface area (Å²) in [5.74, 6) is 0.803. The van der Waals surface area contributed by atoms with Gasteiger partial charge in [-0.1, -0.05) is 36.4 Å². The SMILES string of the molecule is Cc1ccc2c(c1)OCCN2C(=O)CC(N)c1ccccc1.Cl. The minimum absolute atomic E-state index is 0. The van der Waals surface area contributed by atoms with Gasteiger partial charge in [0.1, 0.15) is 12.4 Å². The Balaban J connectivity index is 0.00000192. The average Bonchev–Trinajstić information content (AvgIpc) is 2.54. The maximum atomic E-state index is 12.6. The molecule has 0 bridgehead atoms. The Bertz CT molecular complexity index is 676. The van der Waals surface area contributed by atoms with Gasteiger partial charge in [0.2, 0.25) is 5.91 Å². The summed E-state index contributed by atoms with van der Waals surface area (Å²) in [6.45, 7) is 3.09. The third-order valence-corrected chi connectivity index (χ3v) is 3.90. The molecule has 0 radical (unpaired) electrons. The number of rotatable bonds is 3. The van der Waals surface area contributed by atoms with Gasteiger partial charge in [0, 0.05) is 12.5 Å². The van der Waals surface area contributed by atoms with Crippen molar-refractivity contribution in [1.82, 2.24) is 0 Å². The second-order valence-electron chi connectivity index (χ2n) is 5.59. The molecule has 1 heterocycles. The summed E-state index contributed by atoms with van der Waals surface area (Å²) in [7, 11) is 0. The number of ether oxygens (including phenoxy) is 1. The number of nitrogens with two attached hydrogens (primary N) is 1. The molecule has 5 heteroatoms. The number of hydrogen-bond acceptors (Lipinski definition) is 3. The molecule has 3 rings (SSSR count). The van der Waals surface area contributed by atoms with Gasteiger partial charge in [0.05, 0.1) is 12.2 Å². The summed E-state index contributed by atoms with van der Waals surface area (Å²) in [6.07, 6.45) is 0.289. The number of hydrogen-bond donors (Lipinski definition) is 1. The molecule has 2 aromatic rings. The summed E-state index contributed by atoms with van der Waals surface area (Å²) in [4.78, 5) is 14.4.